The molecule has 0 aliphatic carbocycles. The Morgan fingerprint density at radius 3 is 2.42 bits per heavy atom. The van der Waals surface area contributed by atoms with Crippen LogP contribution >= 0.6 is 34.5 Å². The highest BCUT2D eigenvalue weighted by molar-refractivity contribution is 7.07. The predicted octanol–water partition coefficient (Wildman–Crippen LogP) is 5.26. The summed E-state index contributed by atoms with van der Waals surface area (Å²) < 4.78 is 18.3. The van der Waals surface area contributed by atoms with Crippen LogP contribution < -0.4 is 24.4 Å². The van der Waals surface area contributed by atoms with Crippen molar-refractivity contribution in [1.29, 1.82) is 0 Å². The average Bonchev–Trinajstić information content (AvgIpc) is 3.27. The average molecular weight is 596 g/mol. The fourth-order valence-corrected chi connectivity index (χ4v) is 6.02. The first-order chi connectivity index (χ1) is 19.4. The Hall–Kier alpha value is -3.85. The minimum absolute atomic E-state index is 0.145. The molecule has 7 nitrogen and oxygen atoms in total. The maximum atomic E-state index is 14.0. The number of carbonyl (C=O) groups excluding carboxylic acids is 1. The summed E-state index contributed by atoms with van der Waals surface area (Å²) in [4.78, 5) is 32.9. The van der Waals surface area contributed by atoms with Gasteiger partial charge < -0.3 is 14.2 Å². The molecule has 0 bridgehead atoms. The SMILES string of the molecule is CCOC(=O)C1=C(c2ccccc2)N=c2s/c(=C\c3ccc(OC)c(Cl)c3)c(=O)n2[C@H]1c1cc(Cl)ccc1OC. The maximum Gasteiger partial charge on any atom is 0.338 e. The van der Waals surface area contributed by atoms with Gasteiger partial charge in [-0.1, -0.05) is 70.9 Å². The third-order valence-electron chi connectivity index (χ3n) is 6.33. The summed E-state index contributed by atoms with van der Waals surface area (Å²) in [6, 6.07) is 18.7. The molecule has 204 valence electrons. The van der Waals surface area contributed by atoms with Gasteiger partial charge in [-0.25, -0.2) is 9.79 Å². The van der Waals surface area contributed by atoms with Gasteiger partial charge in [0, 0.05) is 16.1 Å². The van der Waals surface area contributed by atoms with Crippen LogP contribution in [0.5, 0.6) is 11.5 Å². The van der Waals surface area contributed by atoms with E-state index in [0.29, 0.717) is 53.3 Å². The molecule has 0 fully saturated rings. The molecule has 0 amide bonds. The third-order valence-corrected chi connectivity index (χ3v) is 7.85. The van der Waals surface area contributed by atoms with Crippen molar-refractivity contribution in [2.24, 2.45) is 4.99 Å². The van der Waals surface area contributed by atoms with E-state index in [0.717, 1.165) is 0 Å². The number of esters is 1. The summed E-state index contributed by atoms with van der Waals surface area (Å²) in [7, 11) is 3.06. The van der Waals surface area contributed by atoms with Crippen molar-refractivity contribution in [3.8, 4) is 11.5 Å². The lowest BCUT2D eigenvalue weighted by molar-refractivity contribution is -0.138. The van der Waals surface area contributed by atoms with E-state index in [1.54, 1.807) is 49.4 Å². The van der Waals surface area contributed by atoms with Gasteiger partial charge in [0.05, 0.1) is 41.7 Å². The lowest BCUT2D eigenvalue weighted by atomic mass is 9.92. The first kappa shape index (κ1) is 27.7. The first-order valence-corrected chi connectivity index (χ1v) is 13.9. The number of carbonyl (C=O) groups is 1. The lowest BCUT2D eigenvalue weighted by Gasteiger charge is -2.27. The van der Waals surface area contributed by atoms with E-state index < -0.39 is 12.0 Å². The molecule has 0 spiro atoms. The second-order valence-corrected chi connectivity index (χ2v) is 10.6. The van der Waals surface area contributed by atoms with Crippen molar-refractivity contribution >= 4 is 52.3 Å². The van der Waals surface area contributed by atoms with Crippen molar-refractivity contribution in [3.63, 3.8) is 0 Å². The van der Waals surface area contributed by atoms with Gasteiger partial charge in [0.25, 0.3) is 5.56 Å². The van der Waals surface area contributed by atoms with E-state index in [9.17, 15) is 9.59 Å². The largest absolute Gasteiger partial charge is 0.496 e. The molecule has 2 heterocycles. The molecule has 3 aromatic carbocycles. The number of hydrogen-bond acceptors (Lipinski definition) is 7. The Balaban J connectivity index is 1.85. The minimum Gasteiger partial charge on any atom is -0.496 e. The normalized spacial score (nSPS) is 14.9. The van der Waals surface area contributed by atoms with E-state index in [2.05, 4.69) is 0 Å². The molecule has 4 aromatic rings. The molecule has 5 rings (SSSR count). The van der Waals surface area contributed by atoms with Gasteiger partial charge in [-0.2, -0.15) is 0 Å². The molecule has 0 N–H and O–H groups in total. The van der Waals surface area contributed by atoms with E-state index in [1.165, 1.54) is 30.1 Å². The summed E-state index contributed by atoms with van der Waals surface area (Å²) in [5.41, 5.74) is 2.22. The number of hydrogen-bond donors (Lipinski definition) is 0. The number of benzene rings is 3. The van der Waals surface area contributed by atoms with Gasteiger partial charge in [0.15, 0.2) is 4.80 Å². The molecule has 0 unspecified atom stereocenters. The zero-order valence-corrected chi connectivity index (χ0v) is 24.1. The molecule has 0 saturated heterocycles. The smallest absolute Gasteiger partial charge is 0.338 e. The topological polar surface area (TPSA) is 79.1 Å². The zero-order valence-electron chi connectivity index (χ0n) is 21.8. The molecule has 0 radical (unpaired) electrons. The Morgan fingerprint density at radius 1 is 1.02 bits per heavy atom. The highest BCUT2D eigenvalue weighted by atomic mass is 35.5. The fourth-order valence-electron chi connectivity index (χ4n) is 4.58. The Kier molecular flexibility index (Phi) is 8.12. The first-order valence-electron chi connectivity index (χ1n) is 12.3. The monoisotopic (exact) mass is 594 g/mol. The molecular formula is C30H24Cl2N2O5S. The van der Waals surface area contributed by atoms with Crippen LogP contribution in [0.3, 0.4) is 0 Å². The van der Waals surface area contributed by atoms with Crippen LogP contribution in [-0.2, 0) is 9.53 Å². The van der Waals surface area contributed by atoms with Crippen LogP contribution in [0.15, 0.2) is 82.1 Å². The second-order valence-electron chi connectivity index (χ2n) is 8.71. The second kappa shape index (κ2) is 11.7. The number of aromatic nitrogens is 1. The molecule has 1 aliphatic heterocycles. The van der Waals surface area contributed by atoms with Crippen LogP contribution in [0.4, 0.5) is 0 Å². The van der Waals surface area contributed by atoms with Crippen molar-refractivity contribution in [1.82, 2.24) is 4.57 Å². The van der Waals surface area contributed by atoms with E-state index in [1.807, 2.05) is 30.3 Å². The number of thiazole rings is 1. The van der Waals surface area contributed by atoms with Crippen molar-refractivity contribution < 1.29 is 19.0 Å². The van der Waals surface area contributed by atoms with Crippen molar-refractivity contribution in [2.45, 2.75) is 13.0 Å². The molecule has 1 aliphatic rings. The fraction of sp³-hybridized carbons (Fsp3) is 0.167. The summed E-state index contributed by atoms with van der Waals surface area (Å²) in [6.07, 6.45) is 1.73. The Morgan fingerprint density at radius 2 is 1.75 bits per heavy atom. The molecular weight excluding hydrogens is 571 g/mol. The lowest BCUT2D eigenvalue weighted by Crippen LogP contribution is -2.40. The number of methoxy groups -OCH3 is 2. The summed E-state index contributed by atoms with van der Waals surface area (Å²) >= 11 is 14.0. The summed E-state index contributed by atoms with van der Waals surface area (Å²) in [5, 5.41) is 0.841. The van der Waals surface area contributed by atoms with Gasteiger partial charge >= 0.3 is 5.97 Å². The quantitative estimate of drug-likeness (QED) is 0.273. The number of nitrogens with zero attached hydrogens (tertiary/aromatic N) is 2. The molecule has 1 aromatic heterocycles. The molecule has 40 heavy (non-hydrogen) atoms. The predicted molar refractivity (Wildman–Crippen MR) is 157 cm³/mol. The highest BCUT2D eigenvalue weighted by Crippen LogP contribution is 2.39. The van der Waals surface area contributed by atoms with Gasteiger partial charge in [-0.15, -0.1) is 0 Å². The van der Waals surface area contributed by atoms with Gasteiger partial charge in [0.1, 0.15) is 17.5 Å². The number of fused-ring (bicyclic) bond motifs is 1. The maximum absolute atomic E-state index is 14.0. The minimum atomic E-state index is -0.916. The standard InChI is InChI=1S/C30H24Cl2N2O5S/c1-4-39-29(36)25-26(18-8-6-5-7-9-18)33-30-34(27(25)20-16-19(31)11-13-22(20)37-2)28(35)24(40-30)15-17-10-12-23(38-3)21(32)14-17/h5-16,27H,4H2,1-3H3/b24-15-/t27-/m0/s1. The van der Waals surface area contributed by atoms with Gasteiger partial charge in [-0.05, 0) is 48.9 Å². The van der Waals surface area contributed by atoms with Crippen molar-refractivity contribution in [2.75, 3.05) is 20.8 Å². The van der Waals surface area contributed by atoms with Crippen LogP contribution in [0.25, 0.3) is 11.8 Å². The number of halogens is 2. The van der Waals surface area contributed by atoms with Crippen LogP contribution in [-0.4, -0.2) is 31.4 Å². The van der Waals surface area contributed by atoms with Crippen molar-refractivity contribution in [3.05, 3.63) is 119 Å². The third kappa shape index (κ3) is 5.18. The number of rotatable bonds is 7. The van der Waals surface area contributed by atoms with Gasteiger partial charge in [0.2, 0.25) is 0 Å². The van der Waals surface area contributed by atoms with E-state index in [4.69, 9.17) is 42.4 Å². The molecule has 1 atom stereocenters. The van der Waals surface area contributed by atoms with E-state index in [-0.39, 0.29) is 17.7 Å². The van der Waals surface area contributed by atoms with Crippen LogP contribution in [0.1, 0.15) is 29.7 Å². The molecule has 10 heteroatoms. The zero-order chi connectivity index (χ0) is 28.4. The Bertz CT molecular complexity index is 1810. The van der Waals surface area contributed by atoms with E-state index >= 15 is 0 Å². The molecule has 0 saturated carbocycles. The van der Waals surface area contributed by atoms with Crippen LogP contribution in [0.2, 0.25) is 10.0 Å². The van der Waals surface area contributed by atoms with Gasteiger partial charge in [-0.3, -0.25) is 9.36 Å². The van der Waals surface area contributed by atoms with Crippen LogP contribution in [0, 0.1) is 0 Å². The number of ether oxygens (including phenoxy) is 3. The summed E-state index contributed by atoms with van der Waals surface area (Å²) in [5.74, 6) is 0.398. The Labute approximate surface area is 244 Å². The summed E-state index contributed by atoms with van der Waals surface area (Å²) in [6.45, 7) is 1.87. The highest BCUT2D eigenvalue weighted by Gasteiger charge is 2.36.